The zero-order chi connectivity index (χ0) is 21.5. The number of methoxy groups -OCH3 is 1. The third kappa shape index (κ3) is 3.41. The zero-order valence-corrected chi connectivity index (χ0v) is 17.7. The van der Waals surface area contributed by atoms with E-state index in [0.717, 1.165) is 17.0 Å². The number of nitrogens with zero attached hydrogens (tertiary/aromatic N) is 2. The van der Waals surface area contributed by atoms with Crippen molar-refractivity contribution < 1.29 is 19.1 Å². The molecular weight excluding hydrogens is 416 g/mol. The molecule has 5 rings (SSSR count). The second kappa shape index (κ2) is 7.85. The molecule has 0 aromatic heterocycles. The van der Waals surface area contributed by atoms with Crippen LogP contribution in [0.4, 0.5) is 0 Å². The molecule has 4 atom stereocenters. The predicted octanol–water partition coefficient (Wildman–Crippen LogP) is 4.07. The topological polar surface area (TPSA) is 68.2 Å². The number of ether oxygens (including phenoxy) is 2. The van der Waals surface area contributed by atoms with Gasteiger partial charge in [-0.25, -0.2) is 0 Å². The van der Waals surface area contributed by atoms with E-state index in [0.29, 0.717) is 28.7 Å². The van der Waals surface area contributed by atoms with Gasteiger partial charge >= 0.3 is 0 Å². The fourth-order valence-corrected chi connectivity index (χ4v) is 4.93. The molecule has 0 N–H and O–H groups in total. The molecule has 1 heterocycles. The van der Waals surface area contributed by atoms with Gasteiger partial charge in [0, 0.05) is 10.6 Å². The number of hydrazone groups is 1. The Morgan fingerprint density at radius 1 is 1.06 bits per heavy atom. The first-order valence-corrected chi connectivity index (χ1v) is 10.6. The first-order chi connectivity index (χ1) is 15.1. The quantitative estimate of drug-likeness (QED) is 0.389. The highest BCUT2D eigenvalue weighted by molar-refractivity contribution is 6.30. The van der Waals surface area contributed by atoms with E-state index in [9.17, 15) is 9.59 Å². The number of halogens is 1. The number of carbonyl (C=O) groups excluding carboxylic acids is 2. The Bertz CT molecular complexity index is 1070. The summed E-state index contributed by atoms with van der Waals surface area (Å²) in [6, 6.07) is 12.8. The Morgan fingerprint density at radius 2 is 1.74 bits per heavy atom. The van der Waals surface area contributed by atoms with Crippen LogP contribution >= 0.6 is 11.6 Å². The molecule has 2 aromatic rings. The van der Waals surface area contributed by atoms with Crippen molar-refractivity contribution in [3.05, 3.63) is 70.8 Å². The van der Waals surface area contributed by atoms with Crippen LogP contribution in [-0.2, 0) is 16.2 Å². The van der Waals surface area contributed by atoms with Crippen molar-refractivity contribution in [2.45, 2.75) is 13.0 Å². The maximum absolute atomic E-state index is 12.8. The highest BCUT2D eigenvalue weighted by atomic mass is 35.5. The Kier molecular flexibility index (Phi) is 5.02. The van der Waals surface area contributed by atoms with Gasteiger partial charge in [-0.15, -0.1) is 0 Å². The predicted molar refractivity (Wildman–Crippen MR) is 116 cm³/mol. The van der Waals surface area contributed by atoms with Crippen molar-refractivity contribution in [1.29, 1.82) is 0 Å². The lowest BCUT2D eigenvalue weighted by molar-refractivity contribution is -0.140. The van der Waals surface area contributed by atoms with Crippen LogP contribution in [0.2, 0.25) is 5.02 Å². The van der Waals surface area contributed by atoms with E-state index in [4.69, 9.17) is 21.1 Å². The molecule has 1 saturated heterocycles. The molecule has 158 valence electrons. The molecule has 1 saturated carbocycles. The smallest absolute Gasteiger partial charge is 0.254 e. The second-order valence-electron chi connectivity index (χ2n) is 8.03. The first-order valence-electron chi connectivity index (χ1n) is 10.2. The summed E-state index contributed by atoms with van der Waals surface area (Å²) < 4.78 is 11.5. The standard InChI is InChI=1S/C24H21ClN2O4/c1-30-19-4-2-3-17(22(19)31-13-14-5-9-18(25)10-6-14)12-26-27-23(28)20-15-7-8-16(11-15)21(20)24(27)29/h2-10,12,15-16,20-21H,11,13H2,1H3/t15-,16-,20-,21+/m0/s1. The normalized spacial score (nSPS) is 26.2. The SMILES string of the molecule is COc1cccc(C=NN2C(=O)[C@@H]3[C@H](C2=O)[C@H]2C=C[C@H]3C2)c1OCc1ccc(Cl)cc1. The van der Waals surface area contributed by atoms with E-state index in [2.05, 4.69) is 17.3 Å². The van der Waals surface area contributed by atoms with Crippen LogP contribution in [0.1, 0.15) is 17.5 Å². The number of benzene rings is 2. The third-order valence-electron chi connectivity index (χ3n) is 6.29. The van der Waals surface area contributed by atoms with Crippen molar-refractivity contribution >= 4 is 29.6 Å². The Balaban J connectivity index is 1.38. The number of amides is 2. The summed E-state index contributed by atoms with van der Waals surface area (Å²) in [4.78, 5) is 25.7. The first kappa shape index (κ1) is 19.8. The number of hydrogen-bond donors (Lipinski definition) is 0. The molecular formula is C24H21ClN2O4. The Hall–Kier alpha value is -3.12. The average molecular weight is 437 g/mol. The van der Waals surface area contributed by atoms with Gasteiger partial charge in [0.25, 0.3) is 11.8 Å². The number of allylic oxidation sites excluding steroid dienone is 2. The lowest BCUT2D eigenvalue weighted by atomic mass is 9.85. The lowest BCUT2D eigenvalue weighted by Crippen LogP contribution is -2.28. The summed E-state index contributed by atoms with van der Waals surface area (Å²) in [6.45, 7) is 0.305. The van der Waals surface area contributed by atoms with Crippen LogP contribution < -0.4 is 9.47 Å². The molecule has 2 aliphatic carbocycles. The molecule has 31 heavy (non-hydrogen) atoms. The summed E-state index contributed by atoms with van der Waals surface area (Å²) in [5, 5.41) is 5.95. The van der Waals surface area contributed by atoms with Crippen LogP contribution in [0, 0.1) is 23.7 Å². The summed E-state index contributed by atoms with van der Waals surface area (Å²) >= 11 is 5.94. The number of para-hydroxylation sites is 1. The average Bonchev–Trinajstić information content (AvgIpc) is 3.46. The molecule has 1 aliphatic heterocycles. The number of carbonyl (C=O) groups is 2. The number of imide groups is 1. The number of rotatable bonds is 6. The fraction of sp³-hybridized carbons (Fsp3) is 0.292. The molecule has 2 aromatic carbocycles. The fourth-order valence-electron chi connectivity index (χ4n) is 4.81. The molecule has 0 spiro atoms. The van der Waals surface area contributed by atoms with Crippen molar-refractivity contribution in [3.63, 3.8) is 0 Å². The van der Waals surface area contributed by atoms with Crippen LogP contribution in [0.25, 0.3) is 0 Å². The van der Waals surface area contributed by atoms with Gasteiger partial charge in [0.1, 0.15) is 6.61 Å². The van der Waals surface area contributed by atoms with Crippen molar-refractivity contribution in [3.8, 4) is 11.5 Å². The molecule has 2 bridgehead atoms. The van der Waals surface area contributed by atoms with Crippen LogP contribution in [-0.4, -0.2) is 30.1 Å². The van der Waals surface area contributed by atoms with Crippen LogP contribution in [0.5, 0.6) is 11.5 Å². The summed E-state index contributed by atoms with van der Waals surface area (Å²) in [7, 11) is 1.56. The molecule has 0 unspecified atom stereocenters. The summed E-state index contributed by atoms with van der Waals surface area (Å²) in [5.41, 5.74) is 1.56. The third-order valence-corrected chi connectivity index (χ3v) is 6.54. The maximum Gasteiger partial charge on any atom is 0.254 e. The van der Waals surface area contributed by atoms with E-state index < -0.39 is 0 Å². The van der Waals surface area contributed by atoms with Crippen molar-refractivity contribution in [2.75, 3.05) is 7.11 Å². The van der Waals surface area contributed by atoms with E-state index in [-0.39, 0.29) is 35.5 Å². The van der Waals surface area contributed by atoms with Gasteiger partial charge in [0.15, 0.2) is 11.5 Å². The maximum atomic E-state index is 12.8. The van der Waals surface area contributed by atoms with Crippen molar-refractivity contribution in [2.24, 2.45) is 28.8 Å². The summed E-state index contributed by atoms with van der Waals surface area (Å²) in [5.74, 6) is 0.365. The van der Waals surface area contributed by atoms with E-state index in [1.165, 1.54) is 6.21 Å². The largest absolute Gasteiger partial charge is 0.493 e. The van der Waals surface area contributed by atoms with Gasteiger partial charge in [0.05, 0.1) is 25.2 Å². The minimum Gasteiger partial charge on any atom is -0.493 e. The number of fused-ring (bicyclic) bond motifs is 5. The minimum atomic E-state index is -0.273. The lowest BCUT2D eigenvalue weighted by Gasteiger charge is -2.14. The highest BCUT2D eigenvalue weighted by Crippen LogP contribution is 2.52. The summed E-state index contributed by atoms with van der Waals surface area (Å²) in [6.07, 6.45) is 6.51. The van der Waals surface area contributed by atoms with E-state index >= 15 is 0 Å². The number of hydrogen-bond acceptors (Lipinski definition) is 5. The van der Waals surface area contributed by atoms with Gasteiger partial charge in [-0.2, -0.15) is 10.1 Å². The van der Waals surface area contributed by atoms with Gasteiger partial charge in [-0.1, -0.05) is 42.0 Å². The van der Waals surface area contributed by atoms with Crippen LogP contribution in [0.15, 0.2) is 59.7 Å². The van der Waals surface area contributed by atoms with Crippen molar-refractivity contribution in [1.82, 2.24) is 5.01 Å². The second-order valence-corrected chi connectivity index (χ2v) is 8.46. The zero-order valence-electron chi connectivity index (χ0n) is 16.9. The molecule has 3 aliphatic rings. The Labute approximate surface area is 185 Å². The van der Waals surface area contributed by atoms with Gasteiger partial charge in [-0.05, 0) is 48.1 Å². The van der Waals surface area contributed by atoms with Gasteiger partial charge in [0.2, 0.25) is 0 Å². The minimum absolute atomic E-state index is 0.154. The van der Waals surface area contributed by atoms with Crippen LogP contribution in [0.3, 0.4) is 0 Å². The monoisotopic (exact) mass is 436 g/mol. The molecule has 0 radical (unpaired) electrons. The van der Waals surface area contributed by atoms with Gasteiger partial charge in [-0.3, -0.25) is 9.59 Å². The van der Waals surface area contributed by atoms with E-state index in [1.807, 2.05) is 18.2 Å². The van der Waals surface area contributed by atoms with Gasteiger partial charge < -0.3 is 9.47 Å². The molecule has 2 amide bonds. The molecule has 7 heteroatoms. The van der Waals surface area contributed by atoms with E-state index in [1.54, 1.807) is 31.4 Å². The molecule has 6 nitrogen and oxygen atoms in total. The highest BCUT2D eigenvalue weighted by Gasteiger charge is 2.59. The Morgan fingerprint density at radius 3 is 2.39 bits per heavy atom. The molecule has 2 fully saturated rings.